The van der Waals surface area contributed by atoms with Crippen LogP contribution in [0.2, 0.25) is 5.02 Å². The second-order valence-corrected chi connectivity index (χ2v) is 6.81. The number of rotatable bonds is 3. The fourth-order valence-corrected chi connectivity index (χ4v) is 3.61. The molecule has 0 spiro atoms. The van der Waals surface area contributed by atoms with Crippen molar-refractivity contribution >= 4 is 39.5 Å². The summed E-state index contributed by atoms with van der Waals surface area (Å²) in [5.74, 6) is 0.723. The largest absolute Gasteiger partial charge is 0.337 e. The first-order valence-electron chi connectivity index (χ1n) is 8.76. The molecule has 28 heavy (non-hydrogen) atoms. The number of halogens is 1. The Hall–Kier alpha value is -3.75. The fraction of sp³-hybridized carbons (Fsp3) is 0. The number of nitrogens with one attached hydrogen (secondary N) is 2. The van der Waals surface area contributed by atoms with Gasteiger partial charge in [0.15, 0.2) is 11.5 Å². The van der Waals surface area contributed by atoms with Crippen molar-refractivity contribution in [2.24, 2.45) is 0 Å². The van der Waals surface area contributed by atoms with Crippen LogP contribution in [-0.2, 0) is 0 Å². The van der Waals surface area contributed by atoms with Gasteiger partial charge in [-0.25, -0.2) is 9.50 Å². The van der Waals surface area contributed by atoms with Crippen LogP contribution in [0.15, 0.2) is 72.9 Å². The molecule has 0 aliphatic rings. The number of imidazole rings is 1. The van der Waals surface area contributed by atoms with E-state index < -0.39 is 0 Å². The molecule has 134 valence electrons. The number of hydrogen-bond acceptors (Lipinski definition) is 3. The first-order chi connectivity index (χ1) is 13.8. The second-order valence-electron chi connectivity index (χ2n) is 6.40. The van der Waals surface area contributed by atoms with Crippen LogP contribution in [0.4, 0.5) is 11.5 Å². The number of anilines is 2. The molecule has 0 radical (unpaired) electrons. The minimum Gasteiger partial charge on any atom is -0.337 e. The van der Waals surface area contributed by atoms with Crippen LogP contribution in [0, 0.1) is 11.3 Å². The van der Waals surface area contributed by atoms with E-state index in [1.807, 2.05) is 48.5 Å². The minimum atomic E-state index is 0.480. The summed E-state index contributed by atoms with van der Waals surface area (Å²) in [6.45, 7) is 0. The molecule has 0 bridgehead atoms. The molecule has 0 amide bonds. The molecule has 0 saturated carbocycles. The zero-order valence-electron chi connectivity index (χ0n) is 14.6. The van der Waals surface area contributed by atoms with Gasteiger partial charge in [-0.2, -0.15) is 5.26 Å². The molecular weight excluding hydrogens is 370 g/mol. The SMILES string of the molecule is N#Cc1c[nH]n2c(Nc3ccccc3Cl)c(-c3cccc4ccccc34)nc12. The molecule has 0 unspecified atom stereocenters. The molecule has 6 heteroatoms. The van der Waals surface area contributed by atoms with E-state index in [0.717, 1.165) is 33.5 Å². The van der Waals surface area contributed by atoms with Crippen molar-refractivity contribution in [1.29, 1.82) is 5.26 Å². The Kier molecular flexibility index (Phi) is 3.78. The highest BCUT2D eigenvalue weighted by Gasteiger charge is 2.20. The zero-order chi connectivity index (χ0) is 19.1. The summed E-state index contributed by atoms with van der Waals surface area (Å²) in [4.78, 5) is 4.79. The molecule has 0 aliphatic heterocycles. The van der Waals surface area contributed by atoms with Gasteiger partial charge in [-0.1, -0.05) is 66.2 Å². The second kappa shape index (κ2) is 6.45. The molecule has 3 aromatic carbocycles. The average Bonchev–Trinajstić information content (AvgIpc) is 3.29. The van der Waals surface area contributed by atoms with Gasteiger partial charge in [0.1, 0.15) is 17.3 Å². The van der Waals surface area contributed by atoms with Crippen molar-refractivity contribution in [3.8, 4) is 17.3 Å². The molecule has 0 fully saturated rings. The van der Waals surface area contributed by atoms with Crippen LogP contribution in [-0.4, -0.2) is 14.6 Å². The summed E-state index contributed by atoms with van der Waals surface area (Å²) < 4.78 is 1.78. The van der Waals surface area contributed by atoms with Gasteiger partial charge in [-0.05, 0) is 22.9 Å². The summed E-state index contributed by atoms with van der Waals surface area (Å²) in [7, 11) is 0. The monoisotopic (exact) mass is 383 g/mol. The highest BCUT2D eigenvalue weighted by atomic mass is 35.5. The Balaban J connectivity index is 1.80. The number of para-hydroxylation sites is 1. The number of H-pyrrole nitrogens is 1. The van der Waals surface area contributed by atoms with Gasteiger partial charge < -0.3 is 5.32 Å². The number of fused-ring (bicyclic) bond motifs is 2. The summed E-state index contributed by atoms with van der Waals surface area (Å²) in [5.41, 5.74) is 3.54. The van der Waals surface area contributed by atoms with Crippen molar-refractivity contribution < 1.29 is 0 Å². The predicted octanol–water partition coefficient (Wildman–Crippen LogP) is 5.75. The van der Waals surface area contributed by atoms with Gasteiger partial charge in [0.25, 0.3) is 0 Å². The van der Waals surface area contributed by atoms with E-state index >= 15 is 0 Å². The summed E-state index contributed by atoms with van der Waals surface area (Å²) in [6.07, 6.45) is 1.65. The van der Waals surface area contributed by atoms with Gasteiger partial charge in [0.2, 0.25) is 0 Å². The van der Waals surface area contributed by atoms with Crippen molar-refractivity contribution in [2.45, 2.75) is 0 Å². The number of nitrogens with zero attached hydrogens (tertiary/aromatic N) is 3. The molecule has 0 atom stereocenters. The Labute approximate surface area is 165 Å². The molecule has 2 aromatic heterocycles. The van der Waals surface area contributed by atoms with Crippen LogP contribution in [0.3, 0.4) is 0 Å². The van der Waals surface area contributed by atoms with Crippen LogP contribution in [0.5, 0.6) is 0 Å². The third-order valence-electron chi connectivity index (χ3n) is 4.75. The maximum atomic E-state index is 9.44. The number of nitriles is 1. The Morgan fingerprint density at radius 3 is 2.64 bits per heavy atom. The quantitative estimate of drug-likeness (QED) is 0.416. The molecule has 0 saturated heterocycles. The molecule has 5 aromatic rings. The third-order valence-corrected chi connectivity index (χ3v) is 5.08. The van der Waals surface area contributed by atoms with E-state index in [2.05, 4.69) is 34.7 Å². The van der Waals surface area contributed by atoms with E-state index in [4.69, 9.17) is 16.6 Å². The van der Waals surface area contributed by atoms with Gasteiger partial charge in [-0.15, -0.1) is 0 Å². The first kappa shape index (κ1) is 16.4. The van der Waals surface area contributed by atoms with Crippen LogP contribution in [0.1, 0.15) is 5.56 Å². The Morgan fingerprint density at radius 2 is 1.79 bits per heavy atom. The lowest BCUT2D eigenvalue weighted by atomic mass is 10.0. The maximum Gasteiger partial charge on any atom is 0.173 e. The zero-order valence-corrected chi connectivity index (χ0v) is 15.4. The van der Waals surface area contributed by atoms with Crippen LogP contribution < -0.4 is 5.32 Å². The van der Waals surface area contributed by atoms with E-state index in [1.165, 1.54) is 0 Å². The average molecular weight is 384 g/mol. The van der Waals surface area contributed by atoms with E-state index in [-0.39, 0.29) is 0 Å². The lowest BCUT2D eigenvalue weighted by molar-refractivity contribution is 0.980. The van der Waals surface area contributed by atoms with Crippen LogP contribution in [0.25, 0.3) is 27.7 Å². The van der Waals surface area contributed by atoms with Crippen LogP contribution >= 0.6 is 11.6 Å². The van der Waals surface area contributed by atoms with Crippen molar-refractivity contribution in [3.63, 3.8) is 0 Å². The summed E-state index contributed by atoms with van der Waals surface area (Å²) in [5, 5.41) is 18.8. The van der Waals surface area contributed by atoms with Crippen molar-refractivity contribution in [2.75, 3.05) is 5.32 Å². The predicted molar refractivity (Wildman–Crippen MR) is 112 cm³/mol. The number of aromatic amines is 1. The number of benzene rings is 3. The normalized spacial score (nSPS) is 11.0. The van der Waals surface area contributed by atoms with Gasteiger partial charge >= 0.3 is 0 Å². The van der Waals surface area contributed by atoms with E-state index in [1.54, 1.807) is 10.7 Å². The van der Waals surface area contributed by atoms with Gasteiger partial charge in [0, 0.05) is 11.8 Å². The lowest BCUT2D eigenvalue weighted by Gasteiger charge is -2.11. The highest BCUT2D eigenvalue weighted by molar-refractivity contribution is 6.33. The van der Waals surface area contributed by atoms with Crippen molar-refractivity contribution in [3.05, 3.63) is 83.5 Å². The first-order valence-corrected chi connectivity index (χ1v) is 9.13. The van der Waals surface area contributed by atoms with Crippen molar-refractivity contribution in [1.82, 2.24) is 14.6 Å². The number of hydrogen-bond donors (Lipinski definition) is 2. The highest BCUT2D eigenvalue weighted by Crippen LogP contribution is 2.37. The summed E-state index contributed by atoms with van der Waals surface area (Å²) >= 11 is 6.36. The molecule has 5 rings (SSSR count). The molecule has 0 aliphatic carbocycles. The third kappa shape index (κ3) is 2.51. The molecule has 2 N–H and O–H groups in total. The van der Waals surface area contributed by atoms with E-state index in [9.17, 15) is 5.26 Å². The topological polar surface area (TPSA) is 68.9 Å². The smallest absolute Gasteiger partial charge is 0.173 e. The Bertz CT molecular complexity index is 1370. The molecular formula is C22H14ClN5. The van der Waals surface area contributed by atoms with Gasteiger partial charge in [-0.3, -0.25) is 5.10 Å². The standard InChI is InChI=1S/C22H14ClN5/c23-18-10-3-4-11-19(18)26-22-20(27-21-15(12-24)13-25-28(21)22)17-9-5-7-14-6-1-2-8-16(14)17/h1-11,13,25-26H. The number of aromatic nitrogens is 3. The molecule has 2 heterocycles. The fourth-order valence-electron chi connectivity index (χ4n) is 3.43. The van der Waals surface area contributed by atoms with Gasteiger partial charge in [0.05, 0.1) is 10.7 Å². The minimum absolute atomic E-state index is 0.480. The maximum absolute atomic E-state index is 9.44. The summed E-state index contributed by atoms with van der Waals surface area (Å²) in [6, 6.07) is 24.0. The Morgan fingerprint density at radius 1 is 1.00 bits per heavy atom. The van der Waals surface area contributed by atoms with E-state index in [0.29, 0.717) is 16.2 Å². The lowest BCUT2D eigenvalue weighted by Crippen LogP contribution is -1.98. The molecule has 5 nitrogen and oxygen atoms in total.